The molecule has 0 N–H and O–H groups in total. The average molecular weight is 208 g/mol. The van der Waals surface area contributed by atoms with Crippen LogP contribution in [0.2, 0.25) is 0 Å². The van der Waals surface area contributed by atoms with E-state index in [1.807, 2.05) is 60.6 Å². The molecule has 2 heteroatoms. The highest BCUT2D eigenvalue weighted by molar-refractivity contribution is 5.32. The van der Waals surface area contributed by atoms with Gasteiger partial charge in [0.25, 0.3) is 0 Å². The van der Waals surface area contributed by atoms with Gasteiger partial charge in [-0.25, -0.2) is 0 Å². The Morgan fingerprint density at radius 3 is 1.80 bits per heavy atom. The minimum absolute atomic E-state index is 0.650. The molecule has 86 valence electrons. The van der Waals surface area contributed by atoms with Crippen molar-refractivity contribution >= 4 is 0 Å². The fourth-order valence-corrected chi connectivity index (χ4v) is 0.581. The van der Waals surface area contributed by atoms with Crippen molar-refractivity contribution in [2.75, 3.05) is 0 Å². The molecule has 0 saturated heterocycles. The topological polar surface area (TPSA) is 36.7 Å². The molecule has 0 saturated carbocycles. The molecule has 0 spiro atoms. The number of nitrogens with zero attached hydrogens (tertiary/aromatic N) is 2. The second-order valence-electron chi connectivity index (χ2n) is 1.80. The summed E-state index contributed by atoms with van der Waals surface area (Å²) in [7, 11) is 0. The summed E-state index contributed by atoms with van der Waals surface area (Å²) in [6, 6.07) is 3.85. The molecular weight excluding hydrogens is 184 g/mol. The van der Waals surface area contributed by atoms with Crippen LogP contribution in [-0.2, 0) is 0 Å². The molecule has 0 amide bonds. The summed E-state index contributed by atoms with van der Waals surface area (Å²) in [5.41, 5.74) is 1.63. The Balaban J connectivity index is -0.000000208. The van der Waals surface area contributed by atoms with Gasteiger partial charge in [0.05, 0.1) is 5.56 Å². The molecule has 0 aliphatic heterocycles. The van der Waals surface area contributed by atoms with Crippen molar-refractivity contribution in [2.45, 2.75) is 48.5 Å². The lowest BCUT2D eigenvalue weighted by Crippen LogP contribution is -1.81. The van der Waals surface area contributed by atoms with E-state index in [9.17, 15) is 0 Å². The van der Waals surface area contributed by atoms with Crippen molar-refractivity contribution in [3.63, 3.8) is 0 Å². The van der Waals surface area contributed by atoms with Crippen LogP contribution in [0.25, 0.3) is 0 Å². The zero-order chi connectivity index (χ0) is 12.7. The second-order valence-corrected chi connectivity index (χ2v) is 1.80. The molecule has 0 fully saturated rings. The van der Waals surface area contributed by atoms with Crippen LogP contribution in [0, 0.1) is 18.3 Å². The van der Waals surface area contributed by atoms with Crippen molar-refractivity contribution in [1.29, 1.82) is 5.26 Å². The first-order valence-electron chi connectivity index (χ1n) is 5.65. The van der Waals surface area contributed by atoms with E-state index in [-0.39, 0.29) is 0 Å². The predicted octanol–water partition coefficient (Wildman–Crippen LogP) is 4.34. The van der Waals surface area contributed by atoms with Crippen LogP contribution in [0.1, 0.15) is 52.7 Å². The van der Waals surface area contributed by atoms with E-state index in [2.05, 4.69) is 4.98 Å². The van der Waals surface area contributed by atoms with E-state index in [0.717, 1.165) is 5.56 Å². The van der Waals surface area contributed by atoms with Crippen molar-refractivity contribution < 1.29 is 0 Å². The van der Waals surface area contributed by atoms with E-state index < -0.39 is 0 Å². The smallest absolute Gasteiger partial charge is 0.101 e. The van der Waals surface area contributed by atoms with Gasteiger partial charge in [0.1, 0.15) is 6.07 Å². The maximum Gasteiger partial charge on any atom is 0.101 e. The Hall–Kier alpha value is -1.36. The van der Waals surface area contributed by atoms with Crippen molar-refractivity contribution in [1.82, 2.24) is 4.98 Å². The molecule has 0 aliphatic rings. The highest BCUT2D eigenvalue weighted by Crippen LogP contribution is 2.00. The van der Waals surface area contributed by atoms with Crippen molar-refractivity contribution in [3.8, 4) is 6.07 Å². The van der Waals surface area contributed by atoms with Gasteiger partial charge < -0.3 is 0 Å². The highest BCUT2D eigenvalue weighted by atomic mass is 14.6. The summed E-state index contributed by atoms with van der Waals surface area (Å²) in [5, 5.41) is 8.43. The maximum atomic E-state index is 8.43. The van der Waals surface area contributed by atoms with Crippen molar-refractivity contribution in [2.24, 2.45) is 0 Å². The fraction of sp³-hybridized carbons (Fsp3) is 0.538. The van der Waals surface area contributed by atoms with Crippen LogP contribution in [0.4, 0.5) is 0 Å². The number of hydrogen-bond donors (Lipinski definition) is 0. The standard InChI is InChI=1S/C7H6N2.3C2H6/c1-6-2-3-9-5-7(6)4-8;3*1-2/h2-3,5H,1H3;3*1-2H3. The van der Waals surface area contributed by atoms with Crippen LogP contribution in [-0.4, -0.2) is 4.98 Å². The van der Waals surface area contributed by atoms with E-state index in [0.29, 0.717) is 5.56 Å². The maximum absolute atomic E-state index is 8.43. The first-order valence-corrected chi connectivity index (χ1v) is 5.65. The van der Waals surface area contributed by atoms with Crippen LogP contribution >= 0.6 is 0 Å². The third-order valence-corrected chi connectivity index (χ3v) is 1.16. The van der Waals surface area contributed by atoms with Crippen LogP contribution in [0.5, 0.6) is 0 Å². The summed E-state index contributed by atoms with van der Waals surface area (Å²) < 4.78 is 0. The van der Waals surface area contributed by atoms with Gasteiger partial charge in [-0.05, 0) is 18.6 Å². The lowest BCUT2D eigenvalue weighted by Gasteiger charge is -1.90. The number of hydrogen-bond acceptors (Lipinski definition) is 2. The Bertz CT molecular complexity index is 249. The van der Waals surface area contributed by atoms with E-state index in [1.165, 1.54) is 0 Å². The number of aromatic nitrogens is 1. The first kappa shape index (κ1) is 19.2. The Morgan fingerprint density at radius 2 is 1.53 bits per heavy atom. The molecule has 1 aromatic rings. The third kappa shape index (κ3) is 10.6. The fourth-order valence-electron chi connectivity index (χ4n) is 0.581. The predicted molar refractivity (Wildman–Crippen MR) is 67.7 cm³/mol. The molecule has 0 bridgehead atoms. The average Bonchev–Trinajstić information content (AvgIpc) is 2.37. The van der Waals surface area contributed by atoms with E-state index in [4.69, 9.17) is 5.26 Å². The SMILES string of the molecule is CC.CC.CC.Cc1ccncc1C#N. The molecule has 0 radical (unpaired) electrons. The van der Waals surface area contributed by atoms with Gasteiger partial charge in [0.15, 0.2) is 0 Å². The van der Waals surface area contributed by atoms with Gasteiger partial charge in [0.2, 0.25) is 0 Å². The lowest BCUT2D eigenvalue weighted by atomic mass is 10.2. The summed E-state index contributed by atoms with van der Waals surface area (Å²) in [6.07, 6.45) is 3.24. The molecule has 1 heterocycles. The Labute approximate surface area is 95.0 Å². The second kappa shape index (κ2) is 18.4. The Morgan fingerprint density at radius 1 is 1.07 bits per heavy atom. The summed E-state index contributed by atoms with van der Waals surface area (Å²) in [6.45, 7) is 13.9. The van der Waals surface area contributed by atoms with Gasteiger partial charge in [-0.2, -0.15) is 5.26 Å². The summed E-state index contributed by atoms with van der Waals surface area (Å²) in [5.74, 6) is 0. The molecule has 15 heavy (non-hydrogen) atoms. The van der Waals surface area contributed by atoms with Crippen LogP contribution in [0.15, 0.2) is 18.5 Å². The summed E-state index contributed by atoms with van der Waals surface area (Å²) >= 11 is 0. The highest BCUT2D eigenvalue weighted by Gasteiger charge is 1.91. The number of pyridine rings is 1. The van der Waals surface area contributed by atoms with Crippen LogP contribution in [0.3, 0.4) is 0 Å². The minimum Gasteiger partial charge on any atom is -0.263 e. The third-order valence-electron chi connectivity index (χ3n) is 1.16. The molecule has 0 aromatic carbocycles. The monoisotopic (exact) mass is 208 g/mol. The number of nitriles is 1. The van der Waals surface area contributed by atoms with Crippen molar-refractivity contribution in [3.05, 3.63) is 29.6 Å². The first-order chi connectivity index (χ1) is 7.34. The molecular formula is C13H24N2. The number of rotatable bonds is 0. The van der Waals surface area contributed by atoms with Gasteiger partial charge in [-0.15, -0.1) is 0 Å². The lowest BCUT2D eigenvalue weighted by molar-refractivity contribution is 1.25. The zero-order valence-corrected chi connectivity index (χ0v) is 11.1. The summed E-state index contributed by atoms with van der Waals surface area (Å²) in [4.78, 5) is 3.79. The quantitative estimate of drug-likeness (QED) is 0.636. The number of aryl methyl sites for hydroxylation is 1. The Kier molecular flexibility index (Phi) is 23.7. The van der Waals surface area contributed by atoms with Gasteiger partial charge in [-0.1, -0.05) is 41.5 Å². The molecule has 0 unspecified atom stereocenters. The minimum atomic E-state index is 0.650. The zero-order valence-electron chi connectivity index (χ0n) is 11.1. The molecule has 2 nitrogen and oxygen atoms in total. The van der Waals surface area contributed by atoms with Gasteiger partial charge >= 0.3 is 0 Å². The van der Waals surface area contributed by atoms with Gasteiger partial charge in [-0.3, -0.25) is 4.98 Å². The molecule has 1 aromatic heterocycles. The van der Waals surface area contributed by atoms with E-state index >= 15 is 0 Å². The van der Waals surface area contributed by atoms with Gasteiger partial charge in [0, 0.05) is 12.4 Å². The van der Waals surface area contributed by atoms with Crippen LogP contribution < -0.4 is 0 Å². The normalized spacial score (nSPS) is 6.27. The largest absolute Gasteiger partial charge is 0.263 e. The molecule has 0 aliphatic carbocycles. The molecule has 1 rings (SSSR count). The van der Waals surface area contributed by atoms with E-state index in [1.54, 1.807) is 12.4 Å². The molecule has 0 atom stereocenters.